The number of aryl methyl sites for hydroxylation is 1. The van der Waals surface area contributed by atoms with Crippen molar-refractivity contribution in [3.05, 3.63) is 11.4 Å². The molecule has 0 unspecified atom stereocenters. The molecule has 0 bridgehead atoms. The Morgan fingerprint density at radius 1 is 1.31 bits per heavy atom. The number of piperidine rings is 1. The summed E-state index contributed by atoms with van der Waals surface area (Å²) in [7, 11) is 0. The molecule has 2 heterocycles. The molecule has 4 heteroatoms. The summed E-state index contributed by atoms with van der Waals surface area (Å²) < 4.78 is 0. The van der Waals surface area contributed by atoms with Crippen LogP contribution in [0.5, 0.6) is 0 Å². The van der Waals surface area contributed by atoms with E-state index in [4.69, 9.17) is 0 Å². The summed E-state index contributed by atoms with van der Waals surface area (Å²) in [6.07, 6.45) is 3.37. The van der Waals surface area contributed by atoms with Crippen molar-refractivity contribution in [3.63, 3.8) is 0 Å². The summed E-state index contributed by atoms with van der Waals surface area (Å²) in [5, 5.41) is 14.5. The van der Waals surface area contributed by atoms with Crippen molar-refractivity contribution in [2.75, 3.05) is 13.1 Å². The van der Waals surface area contributed by atoms with Gasteiger partial charge in [0.25, 0.3) is 0 Å². The van der Waals surface area contributed by atoms with Crippen molar-refractivity contribution in [2.45, 2.75) is 32.1 Å². The first kappa shape index (κ1) is 8.69. The fourth-order valence-electron chi connectivity index (χ4n) is 1.94. The van der Waals surface area contributed by atoms with E-state index in [0.29, 0.717) is 5.92 Å². The number of rotatable bonds is 2. The first-order chi connectivity index (χ1) is 6.42. The van der Waals surface area contributed by atoms with E-state index in [9.17, 15) is 0 Å². The van der Waals surface area contributed by atoms with E-state index in [1.54, 1.807) is 0 Å². The molecule has 0 radical (unpaired) electrons. The zero-order valence-electron chi connectivity index (χ0n) is 8.01. The lowest BCUT2D eigenvalue weighted by molar-refractivity contribution is 0.451. The van der Waals surface area contributed by atoms with Crippen molar-refractivity contribution < 1.29 is 0 Å². The maximum atomic E-state index is 4.25. The maximum Gasteiger partial charge on any atom is 0.0888 e. The lowest BCUT2D eigenvalue weighted by Crippen LogP contribution is -2.27. The van der Waals surface area contributed by atoms with Crippen molar-refractivity contribution in [2.24, 2.45) is 0 Å². The van der Waals surface area contributed by atoms with Crippen LogP contribution in [-0.2, 0) is 6.42 Å². The molecule has 2 N–H and O–H groups in total. The number of nitrogens with zero attached hydrogens (tertiary/aromatic N) is 2. The molecule has 1 aliphatic heterocycles. The monoisotopic (exact) mass is 180 g/mol. The Morgan fingerprint density at radius 2 is 2.08 bits per heavy atom. The average molecular weight is 180 g/mol. The molecule has 13 heavy (non-hydrogen) atoms. The number of nitrogens with one attached hydrogen (secondary N) is 2. The highest BCUT2D eigenvalue weighted by Crippen LogP contribution is 2.25. The quantitative estimate of drug-likeness (QED) is 0.709. The second-order valence-corrected chi connectivity index (χ2v) is 3.53. The maximum absolute atomic E-state index is 4.25. The first-order valence-electron chi connectivity index (χ1n) is 5.02. The van der Waals surface area contributed by atoms with Gasteiger partial charge in [-0.05, 0) is 32.4 Å². The number of hydrogen-bond donors (Lipinski definition) is 2. The van der Waals surface area contributed by atoms with Crippen LogP contribution >= 0.6 is 0 Å². The van der Waals surface area contributed by atoms with E-state index in [0.717, 1.165) is 25.2 Å². The molecular weight excluding hydrogens is 164 g/mol. The molecule has 2 rings (SSSR count). The molecular formula is C9H16N4. The van der Waals surface area contributed by atoms with Gasteiger partial charge in [0.05, 0.1) is 11.4 Å². The predicted octanol–water partition coefficient (Wildman–Crippen LogP) is 0.834. The minimum absolute atomic E-state index is 0.620. The summed E-state index contributed by atoms with van der Waals surface area (Å²) in [6, 6.07) is 0. The van der Waals surface area contributed by atoms with Gasteiger partial charge >= 0.3 is 0 Å². The molecule has 0 spiro atoms. The lowest BCUT2D eigenvalue weighted by atomic mass is 9.93. The second-order valence-electron chi connectivity index (χ2n) is 3.53. The Labute approximate surface area is 78.1 Å². The number of H-pyrrole nitrogens is 1. The third kappa shape index (κ3) is 1.72. The third-order valence-electron chi connectivity index (χ3n) is 2.71. The van der Waals surface area contributed by atoms with Gasteiger partial charge < -0.3 is 5.32 Å². The van der Waals surface area contributed by atoms with Crippen molar-refractivity contribution in [1.29, 1.82) is 0 Å². The minimum Gasteiger partial charge on any atom is -0.317 e. The van der Waals surface area contributed by atoms with Crippen LogP contribution in [0.3, 0.4) is 0 Å². The van der Waals surface area contributed by atoms with Crippen LogP contribution in [0, 0.1) is 0 Å². The van der Waals surface area contributed by atoms with Crippen LogP contribution in [0.1, 0.15) is 37.1 Å². The molecule has 0 aromatic carbocycles. The van der Waals surface area contributed by atoms with Gasteiger partial charge in [-0.25, -0.2) is 0 Å². The van der Waals surface area contributed by atoms with Crippen molar-refractivity contribution in [1.82, 2.24) is 20.7 Å². The third-order valence-corrected chi connectivity index (χ3v) is 2.71. The van der Waals surface area contributed by atoms with Crippen LogP contribution in [0.15, 0.2) is 0 Å². The summed E-state index contributed by atoms with van der Waals surface area (Å²) in [5.74, 6) is 0.620. The van der Waals surface area contributed by atoms with E-state index in [1.807, 2.05) is 0 Å². The van der Waals surface area contributed by atoms with Gasteiger partial charge in [0.2, 0.25) is 0 Å². The molecule has 0 amide bonds. The Morgan fingerprint density at radius 3 is 2.77 bits per heavy atom. The van der Waals surface area contributed by atoms with Gasteiger partial charge in [-0.3, -0.25) is 0 Å². The second kappa shape index (κ2) is 3.87. The molecule has 72 valence electrons. The molecule has 0 atom stereocenters. The van der Waals surface area contributed by atoms with Gasteiger partial charge in [0.1, 0.15) is 0 Å². The van der Waals surface area contributed by atoms with E-state index in [1.165, 1.54) is 18.5 Å². The molecule has 1 aromatic heterocycles. The van der Waals surface area contributed by atoms with E-state index in [2.05, 4.69) is 27.7 Å². The van der Waals surface area contributed by atoms with Crippen molar-refractivity contribution >= 4 is 0 Å². The van der Waals surface area contributed by atoms with Crippen LogP contribution in [0.25, 0.3) is 0 Å². The predicted molar refractivity (Wildman–Crippen MR) is 50.6 cm³/mol. The Bertz CT molecular complexity index is 262. The van der Waals surface area contributed by atoms with Gasteiger partial charge in [0, 0.05) is 5.92 Å². The van der Waals surface area contributed by atoms with Crippen LogP contribution in [0.4, 0.5) is 0 Å². The van der Waals surface area contributed by atoms with E-state index < -0.39 is 0 Å². The number of aromatic amines is 1. The highest BCUT2D eigenvalue weighted by atomic mass is 15.3. The largest absolute Gasteiger partial charge is 0.317 e. The minimum atomic E-state index is 0.620. The average Bonchev–Trinajstić information content (AvgIpc) is 2.67. The Balaban J connectivity index is 2.13. The van der Waals surface area contributed by atoms with Crippen LogP contribution in [-0.4, -0.2) is 28.5 Å². The molecule has 1 aromatic rings. The highest BCUT2D eigenvalue weighted by Gasteiger charge is 2.20. The molecule has 1 saturated heterocycles. The summed E-state index contributed by atoms with van der Waals surface area (Å²) in [4.78, 5) is 0. The van der Waals surface area contributed by atoms with E-state index >= 15 is 0 Å². The smallest absolute Gasteiger partial charge is 0.0888 e. The molecule has 0 saturated carbocycles. The van der Waals surface area contributed by atoms with Gasteiger partial charge in [-0.1, -0.05) is 6.92 Å². The number of hydrogen-bond acceptors (Lipinski definition) is 3. The Kier molecular flexibility index (Phi) is 2.59. The van der Waals surface area contributed by atoms with Gasteiger partial charge in [-0.15, -0.1) is 0 Å². The van der Waals surface area contributed by atoms with E-state index in [-0.39, 0.29) is 0 Å². The van der Waals surface area contributed by atoms with Gasteiger partial charge in [-0.2, -0.15) is 15.4 Å². The first-order valence-corrected chi connectivity index (χ1v) is 5.02. The Hall–Kier alpha value is -0.900. The lowest BCUT2D eigenvalue weighted by Gasteiger charge is -2.21. The van der Waals surface area contributed by atoms with Crippen LogP contribution < -0.4 is 5.32 Å². The fraction of sp³-hybridized carbons (Fsp3) is 0.778. The fourth-order valence-corrected chi connectivity index (χ4v) is 1.94. The summed E-state index contributed by atoms with van der Waals surface area (Å²) in [5.41, 5.74) is 2.34. The zero-order valence-corrected chi connectivity index (χ0v) is 8.01. The topological polar surface area (TPSA) is 53.6 Å². The van der Waals surface area contributed by atoms with Crippen molar-refractivity contribution in [3.8, 4) is 0 Å². The summed E-state index contributed by atoms with van der Waals surface area (Å²) in [6.45, 7) is 4.35. The SMILES string of the molecule is CCc1n[nH]nc1C1CCNCC1. The molecule has 4 nitrogen and oxygen atoms in total. The normalized spacial score (nSPS) is 19.2. The molecule has 1 fully saturated rings. The number of aromatic nitrogens is 3. The van der Waals surface area contributed by atoms with Gasteiger partial charge in [0.15, 0.2) is 0 Å². The summed E-state index contributed by atoms with van der Waals surface area (Å²) >= 11 is 0. The highest BCUT2D eigenvalue weighted by molar-refractivity contribution is 5.14. The van der Waals surface area contributed by atoms with Crippen LogP contribution in [0.2, 0.25) is 0 Å². The standard InChI is InChI=1S/C9H16N4/c1-2-8-9(12-13-11-8)7-3-5-10-6-4-7/h7,10H,2-6H2,1H3,(H,11,12,13). The molecule has 1 aliphatic rings. The molecule has 0 aliphatic carbocycles. The zero-order chi connectivity index (χ0) is 9.10.